The van der Waals surface area contributed by atoms with Crippen molar-refractivity contribution in [2.75, 3.05) is 32.8 Å². The van der Waals surface area contributed by atoms with Crippen molar-refractivity contribution in [3.05, 3.63) is 39.8 Å². The molecule has 0 spiro atoms. The van der Waals surface area contributed by atoms with E-state index in [1.807, 2.05) is 6.07 Å². The first-order valence-electron chi connectivity index (χ1n) is 9.37. The number of phenolic OH excluding ortho intramolecular Hbond substituents is 2. The van der Waals surface area contributed by atoms with Gasteiger partial charge in [-0.25, -0.2) is 0 Å². The second kappa shape index (κ2) is 8.88. The van der Waals surface area contributed by atoms with Crippen LogP contribution in [0.25, 0.3) is 32.6 Å². The minimum Gasteiger partial charge on any atom is -0.507 e. The van der Waals surface area contributed by atoms with E-state index in [9.17, 15) is 20.1 Å². The molecule has 9 nitrogen and oxygen atoms in total. The van der Waals surface area contributed by atoms with E-state index in [1.54, 1.807) is 10.7 Å². The number of H-pyrrole nitrogens is 1. The Bertz CT molecular complexity index is 1310. The maximum absolute atomic E-state index is 12.6. The van der Waals surface area contributed by atoms with E-state index < -0.39 is 0 Å². The zero-order valence-corrected chi connectivity index (χ0v) is 16.9. The highest BCUT2D eigenvalue weighted by molar-refractivity contribution is 6.23. The highest BCUT2D eigenvalue weighted by atomic mass is 35.5. The average Bonchev–Trinajstić information content (AvgIpc) is 3.07. The monoisotopic (exact) mass is 434 g/mol. The quantitative estimate of drug-likeness (QED) is 0.183. The standard InChI is InChI=1S/C20H22N4O5.ClH/c25-9-7-21-5-6-22-11-1-2-12-16-15(11)20(29)18-14(28)4-3-13(27)17(18)19(16)23-24(12)8-10-26;/h1-4,21,23,25-26,28-29H,5-10H2;1H. The van der Waals surface area contributed by atoms with Crippen molar-refractivity contribution in [2.45, 2.75) is 6.54 Å². The smallest absolute Gasteiger partial charge is 0.189 e. The molecule has 0 amide bonds. The molecule has 3 aromatic carbocycles. The Kier molecular flexibility index (Phi) is 6.47. The van der Waals surface area contributed by atoms with Gasteiger partial charge in [0.1, 0.15) is 11.5 Å². The van der Waals surface area contributed by atoms with Gasteiger partial charge in [-0.2, -0.15) is 0 Å². The predicted octanol–water partition coefficient (Wildman–Crippen LogP) is 0.382. The summed E-state index contributed by atoms with van der Waals surface area (Å²) in [5.74, 6) is -0.399. The minimum absolute atomic E-state index is 0. The second-order valence-corrected chi connectivity index (χ2v) is 6.75. The van der Waals surface area contributed by atoms with Crippen LogP contribution < -0.4 is 16.1 Å². The fourth-order valence-electron chi connectivity index (χ4n) is 3.78. The number of fused-ring (bicyclic) bond motifs is 2. The largest absolute Gasteiger partial charge is 0.507 e. The van der Waals surface area contributed by atoms with Crippen LogP contribution in [0.4, 0.5) is 0 Å². The van der Waals surface area contributed by atoms with E-state index in [0.717, 1.165) is 0 Å². The summed E-state index contributed by atoms with van der Waals surface area (Å²) in [6.45, 7) is 1.65. The third-order valence-corrected chi connectivity index (χ3v) is 5.00. The third kappa shape index (κ3) is 3.46. The number of benzene rings is 3. The molecule has 0 aliphatic carbocycles. The molecule has 1 aromatic heterocycles. The number of hydrogen-bond donors (Lipinski definition) is 6. The summed E-state index contributed by atoms with van der Waals surface area (Å²) in [6, 6.07) is 6.11. The first-order valence-corrected chi connectivity index (χ1v) is 9.37. The van der Waals surface area contributed by atoms with Crippen LogP contribution in [0.15, 0.2) is 34.1 Å². The lowest BCUT2D eigenvalue weighted by Crippen LogP contribution is -2.22. The Morgan fingerprint density at radius 1 is 0.967 bits per heavy atom. The fourth-order valence-corrected chi connectivity index (χ4v) is 3.78. The molecule has 0 fully saturated rings. The van der Waals surface area contributed by atoms with Crippen LogP contribution in [-0.4, -0.2) is 63.1 Å². The Labute approximate surface area is 176 Å². The zero-order valence-electron chi connectivity index (χ0n) is 16.1. The van der Waals surface area contributed by atoms with Gasteiger partial charge in [-0.15, -0.1) is 12.4 Å². The molecule has 4 rings (SSSR count). The van der Waals surface area contributed by atoms with Crippen LogP contribution in [0, 0.1) is 0 Å². The zero-order chi connectivity index (χ0) is 20.5. The van der Waals surface area contributed by atoms with Crippen molar-refractivity contribution in [3.63, 3.8) is 0 Å². The second-order valence-electron chi connectivity index (χ2n) is 6.75. The number of hydrogen-bond acceptors (Lipinski definition) is 7. The Morgan fingerprint density at radius 3 is 2.50 bits per heavy atom. The Morgan fingerprint density at radius 2 is 1.77 bits per heavy atom. The summed E-state index contributed by atoms with van der Waals surface area (Å²) in [4.78, 5) is 17.1. The van der Waals surface area contributed by atoms with Crippen molar-refractivity contribution in [1.29, 1.82) is 0 Å². The number of phenols is 2. The topological polar surface area (TPSA) is 143 Å². The van der Waals surface area contributed by atoms with Gasteiger partial charge in [0.15, 0.2) is 5.43 Å². The van der Waals surface area contributed by atoms with E-state index in [0.29, 0.717) is 46.8 Å². The van der Waals surface area contributed by atoms with Crippen LogP contribution in [0.1, 0.15) is 0 Å². The highest BCUT2D eigenvalue weighted by Crippen LogP contribution is 2.41. The molecule has 0 saturated carbocycles. The summed E-state index contributed by atoms with van der Waals surface area (Å²) in [5.41, 5.74) is 0.860. The number of aliphatic hydroxyl groups is 2. The number of nitrogens with zero attached hydrogens (tertiary/aromatic N) is 2. The maximum atomic E-state index is 12.6. The molecular formula is C20H23ClN4O5. The van der Waals surface area contributed by atoms with Crippen molar-refractivity contribution in [1.82, 2.24) is 15.1 Å². The van der Waals surface area contributed by atoms with Gasteiger partial charge in [0, 0.05) is 18.5 Å². The molecule has 30 heavy (non-hydrogen) atoms. The van der Waals surface area contributed by atoms with Crippen LogP contribution in [0.3, 0.4) is 0 Å². The number of rotatable bonds is 7. The van der Waals surface area contributed by atoms with Crippen LogP contribution in [-0.2, 0) is 6.54 Å². The molecule has 0 saturated heterocycles. The number of aromatic hydroxyl groups is 2. The molecule has 0 unspecified atom stereocenters. The van der Waals surface area contributed by atoms with E-state index in [1.165, 1.54) is 12.1 Å². The maximum Gasteiger partial charge on any atom is 0.189 e. The van der Waals surface area contributed by atoms with E-state index in [-0.39, 0.29) is 59.9 Å². The fraction of sp³-hybridized carbons (Fsp3) is 0.300. The highest BCUT2D eigenvalue weighted by Gasteiger charge is 2.21. The number of aliphatic hydroxyl groups excluding tert-OH is 2. The number of nitrogens with one attached hydrogen (secondary N) is 2. The summed E-state index contributed by atoms with van der Waals surface area (Å²) < 4.78 is 1.70. The number of aromatic amines is 1. The number of aromatic nitrogens is 2. The van der Waals surface area contributed by atoms with E-state index in [2.05, 4.69) is 15.4 Å². The lowest BCUT2D eigenvalue weighted by Gasteiger charge is -2.08. The predicted molar refractivity (Wildman–Crippen MR) is 117 cm³/mol. The van der Waals surface area contributed by atoms with Gasteiger partial charge in [-0.1, -0.05) is 0 Å². The van der Waals surface area contributed by atoms with E-state index in [4.69, 9.17) is 5.11 Å². The third-order valence-electron chi connectivity index (χ3n) is 5.00. The first-order chi connectivity index (χ1) is 14.1. The molecule has 1 heterocycles. The lowest BCUT2D eigenvalue weighted by molar-refractivity contribution is 0.272. The molecule has 0 bridgehead atoms. The van der Waals surface area contributed by atoms with Crippen molar-refractivity contribution >= 4 is 45.0 Å². The molecule has 0 radical (unpaired) electrons. The van der Waals surface area contributed by atoms with Gasteiger partial charge in [0.05, 0.1) is 58.9 Å². The van der Waals surface area contributed by atoms with Gasteiger partial charge >= 0.3 is 0 Å². The van der Waals surface area contributed by atoms with Crippen molar-refractivity contribution in [2.24, 2.45) is 4.99 Å². The minimum atomic E-state index is -0.329. The lowest BCUT2D eigenvalue weighted by atomic mass is 9.99. The molecule has 6 N–H and O–H groups in total. The van der Waals surface area contributed by atoms with Gasteiger partial charge < -0.3 is 25.7 Å². The van der Waals surface area contributed by atoms with Gasteiger partial charge in [-0.3, -0.25) is 19.6 Å². The molecule has 0 aliphatic rings. The van der Waals surface area contributed by atoms with Gasteiger partial charge in [0.2, 0.25) is 0 Å². The summed E-state index contributed by atoms with van der Waals surface area (Å²) in [6.07, 6.45) is 0. The summed E-state index contributed by atoms with van der Waals surface area (Å²) >= 11 is 0. The molecule has 10 heteroatoms. The average molecular weight is 435 g/mol. The Balaban J connectivity index is 0.00000256. The normalized spacial score (nSPS) is 12.3. The van der Waals surface area contributed by atoms with Gasteiger partial charge in [-0.05, 0) is 24.3 Å². The molecule has 160 valence electrons. The molecule has 0 aliphatic heterocycles. The van der Waals surface area contributed by atoms with E-state index >= 15 is 0 Å². The first kappa shape index (κ1) is 21.8. The molecule has 0 atom stereocenters. The summed E-state index contributed by atoms with van der Waals surface area (Å²) in [7, 11) is 0. The molecular weight excluding hydrogens is 412 g/mol. The van der Waals surface area contributed by atoms with Crippen LogP contribution in [0.5, 0.6) is 11.5 Å². The SMILES string of the molecule is Cl.O=c1ccc(O)c2c(O)c3c(=NCCNCCO)ccc4c3c([nH]n4CCO)c12. The number of halogens is 1. The van der Waals surface area contributed by atoms with Crippen molar-refractivity contribution < 1.29 is 20.4 Å². The summed E-state index contributed by atoms with van der Waals surface area (Å²) in [5, 5.41) is 47.6. The van der Waals surface area contributed by atoms with Crippen LogP contribution >= 0.6 is 12.4 Å². The molecule has 4 aromatic rings. The van der Waals surface area contributed by atoms with Gasteiger partial charge in [0.25, 0.3) is 0 Å². The van der Waals surface area contributed by atoms with Crippen molar-refractivity contribution in [3.8, 4) is 11.5 Å². The Hall–Kier alpha value is -2.85. The van der Waals surface area contributed by atoms with Crippen LogP contribution in [0.2, 0.25) is 0 Å².